The molecule has 4 aromatic carbocycles. The summed E-state index contributed by atoms with van der Waals surface area (Å²) in [6.45, 7) is 0. The number of rotatable bonds is 8. The van der Waals surface area contributed by atoms with Gasteiger partial charge in [-0.15, -0.1) is 0 Å². The van der Waals surface area contributed by atoms with E-state index >= 15 is 0 Å². The molecule has 0 saturated heterocycles. The van der Waals surface area contributed by atoms with E-state index in [0.29, 0.717) is 0 Å². The highest BCUT2D eigenvalue weighted by Gasteiger charge is 2.19. The maximum atomic E-state index is 4.71. The van der Waals surface area contributed by atoms with Crippen LogP contribution in [0.25, 0.3) is 56.7 Å². The second-order valence-corrected chi connectivity index (χ2v) is 17.1. The van der Waals surface area contributed by atoms with Gasteiger partial charge in [-0.2, -0.15) is 0 Å². The SMILES string of the molecule is [Al][c]1nc(-c2ccc(C(=C(c3ccc(-c4n[c]([Al])[c]([Al])[nH]4)cc3)c3ccc(-c4n[c]([Al])[c]([Al])[nH]4)cc3)c3ccc(-c4n[c]([Al])[c]([Al])[nH]4)cc3)cc2)[nH][c]1[Al]. The lowest BCUT2D eigenvalue weighted by molar-refractivity contribution is 1.32. The summed E-state index contributed by atoms with van der Waals surface area (Å²) in [6.07, 6.45) is 0. The van der Waals surface area contributed by atoms with Crippen LogP contribution in [0, 0.1) is 0 Å². The number of aromatic nitrogens is 8. The van der Waals surface area contributed by atoms with E-state index < -0.39 is 0 Å². The second kappa shape index (κ2) is 16.3. The monoisotopic (exact) mass is 804 g/mol. The Morgan fingerprint density at radius 1 is 0.296 bits per heavy atom. The number of aromatic amines is 4. The second-order valence-electron chi connectivity index (χ2n) is 12.6. The molecule has 8 rings (SSSR count). The van der Waals surface area contributed by atoms with Gasteiger partial charge in [-0.05, 0) is 33.4 Å². The lowest BCUT2D eigenvalue weighted by atomic mass is 9.85. The number of hydrogen-bond donors (Lipinski definition) is 4. The summed E-state index contributed by atoms with van der Waals surface area (Å²) in [5, 5.41) is 0. The first-order chi connectivity index (χ1) is 26.0. The third kappa shape index (κ3) is 7.97. The molecule has 0 aliphatic heterocycles. The predicted octanol–water partition coefficient (Wildman–Crippen LogP) is -1.40. The lowest BCUT2D eigenvalue weighted by Crippen LogP contribution is -2.24. The molecule has 8 nitrogen and oxygen atoms in total. The fraction of sp³-hybridized carbons (Fsp3) is 0. The maximum Gasteiger partial charge on any atom is 0.210 e. The fourth-order valence-corrected chi connectivity index (χ4v) is 7.85. The van der Waals surface area contributed by atoms with E-state index in [2.05, 4.69) is 247 Å². The molecule has 0 aliphatic carbocycles. The van der Waals surface area contributed by atoms with Crippen LogP contribution in [0.4, 0.5) is 0 Å². The van der Waals surface area contributed by atoms with Crippen LogP contribution in [0.1, 0.15) is 22.3 Å². The van der Waals surface area contributed by atoms with Gasteiger partial charge in [0, 0.05) is 22.3 Å². The average molecular weight is 804 g/mol. The smallest absolute Gasteiger partial charge is 0.210 e. The summed E-state index contributed by atoms with van der Waals surface area (Å²) in [7, 11) is 0. The van der Waals surface area contributed by atoms with E-state index in [0.717, 1.165) is 115 Å². The Hall–Kier alpha value is -2.28. The third-order valence-electron chi connectivity index (χ3n) is 9.08. The molecule has 54 heavy (non-hydrogen) atoms. The largest absolute Gasteiger partial charge is 0.362 e. The van der Waals surface area contributed by atoms with E-state index in [4.69, 9.17) is 19.9 Å². The molecule has 0 bridgehead atoms. The Balaban J connectivity index is 1.33. The molecule has 4 aromatic heterocycles. The van der Waals surface area contributed by atoms with E-state index in [1.54, 1.807) is 0 Å². The molecule has 4 N–H and O–H groups in total. The van der Waals surface area contributed by atoms with Crippen molar-refractivity contribution in [3.8, 4) is 45.6 Å². The van der Waals surface area contributed by atoms with Crippen molar-refractivity contribution in [2.24, 2.45) is 0 Å². The van der Waals surface area contributed by atoms with Crippen molar-refractivity contribution in [3.05, 3.63) is 119 Å². The van der Waals surface area contributed by atoms with Gasteiger partial charge in [0.15, 0.2) is 0 Å². The van der Waals surface area contributed by atoms with Crippen molar-refractivity contribution < 1.29 is 0 Å². The molecule has 0 fully saturated rings. The summed E-state index contributed by atoms with van der Waals surface area (Å²) in [6, 6.07) is 34.4. The third-order valence-corrected chi connectivity index (χ3v) is 13.9. The molecule has 16 heteroatoms. The normalized spacial score (nSPS) is 11.2. The molecule has 0 saturated carbocycles. The average Bonchev–Trinajstić information content (AvgIpc) is 3.92. The molecule has 0 atom stereocenters. The first-order valence-corrected chi connectivity index (χ1v) is 21.3. The predicted molar refractivity (Wildman–Crippen MR) is 224 cm³/mol. The minimum absolute atomic E-state index is 0.818. The van der Waals surface area contributed by atoms with Gasteiger partial charge in [0.1, 0.15) is 23.3 Å². The van der Waals surface area contributed by atoms with Crippen LogP contribution in [0.15, 0.2) is 97.1 Å². The summed E-state index contributed by atoms with van der Waals surface area (Å²) in [5.41, 5.74) is 10.4. The van der Waals surface area contributed by atoms with Crippen molar-refractivity contribution >= 4 is 178 Å². The zero-order chi connectivity index (χ0) is 37.7. The van der Waals surface area contributed by atoms with Crippen LogP contribution in [0.2, 0.25) is 0 Å². The molecule has 236 valence electrons. The van der Waals surface area contributed by atoms with E-state index in [1.807, 2.05) is 0 Å². The van der Waals surface area contributed by atoms with Crippen molar-refractivity contribution in [1.29, 1.82) is 0 Å². The van der Waals surface area contributed by atoms with Gasteiger partial charge in [0.25, 0.3) is 0 Å². The fourth-order valence-electron chi connectivity index (χ4n) is 6.24. The molecule has 16 radical (unpaired) electrons. The minimum Gasteiger partial charge on any atom is -0.362 e. The number of nitrogens with one attached hydrogen (secondary N) is 4. The van der Waals surface area contributed by atoms with E-state index in [9.17, 15) is 0 Å². The quantitative estimate of drug-likeness (QED) is 0.112. The van der Waals surface area contributed by atoms with E-state index in [-0.39, 0.29) is 0 Å². The topological polar surface area (TPSA) is 115 Å². The first kappa shape index (κ1) is 38.6. The Kier molecular flexibility index (Phi) is 11.6. The van der Waals surface area contributed by atoms with Crippen LogP contribution in [-0.2, 0) is 0 Å². The summed E-state index contributed by atoms with van der Waals surface area (Å²) >= 11 is 21.6. The molecule has 0 spiro atoms. The van der Waals surface area contributed by atoms with Crippen LogP contribution in [-0.4, -0.2) is 170 Å². The van der Waals surface area contributed by atoms with Crippen LogP contribution < -0.4 is 36.4 Å². The van der Waals surface area contributed by atoms with Crippen molar-refractivity contribution in [1.82, 2.24) is 39.9 Å². The van der Waals surface area contributed by atoms with Gasteiger partial charge in [0.05, 0.1) is 0 Å². The molecule has 0 amide bonds. The maximum absolute atomic E-state index is 4.71. The van der Waals surface area contributed by atoms with Gasteiger partial charge in [-0.25, -0.2) is 0 Å². The van der Waals surface area contributed by atoms with Crippen LogP contribution in [0.5, 0.6) is 0 Å². The van der Waals surface area contributed by atoms with Crippen LogP contribution >= 0.6 is 0 Å². The Labute approximate surface area is 378 Å². The highest BCUT2D eigenvalue weighted by molar-refractivity contribution is 6.48. The number of benzene rings is 4. The van der Waals surface area contributed by atoms with Gasteiger partial charge < -0.3 is 19.9 Å². The molecule has 0 unspecified atom stereocenters. The van der Waals surface area contributed by atoms with Gasteiger partial charge in [-0.1, -0.05) is 134 Å². The number of hydrogen-bond acceptors (Lipinski definition) is 4. The van der Waals surface area contributed by atoms with Crippen molar-refractivity contribution in [2.75, 3.05) is 0 Å². The molecular formula is C38H20Al8N8. The highest BCUT2D eigenvalue weighted by Crippen LogP contribution is 2.39. The summed E-state index contributed by atoms with van der Waals surface area (Å²) < 4.78 is 7.30. The zero-order valence-corrected chi connectivity index (χ0v) is 37.9. The summed E-state index contributed by atoms with van der Waals surface area (Å²) in [5.74, 6) is 3.27. The molecule has 4 heterocycles. The van der Waals surface area contributed by atoms with Crippen molar-refractivity contribution in [2.45, 2.75) is 0 Å². The number of imidazole rings is 4. The van der Waals surface area contributed by atoms with Gasteiger partial charge in [-0.3, -0.25) is 19.9 Å². The first-order valence-electron chi connectivity index (χ1n) is 16.6. The minimum atomic E-state index is 0.818. The Bertz CT molecular complexity index is 2230. The standard InChI is InChI=1S/C38H20N8.8Al/c1-9-29(35-39-17-18-40-35)10-2-25(1)33(26-3-11-30(12-4-26)36-41-19-20-42-36)34(27-5-13-31(14-6-27)37-43-21-22-44-37)28-7-15-32(16-8-28)38-45-23-24-46-38;;;;;;;;/h1-16H,(H,39,40)(H,41,42)(H,43,44)(H,45,46);;;;;;;;. The number of nitrogens with zero attached hydrogens (tertiary/aromatic N) is 4. The molecule has 8 aromatic rings. The van der Waals surface area contributed by atoms with Crippen LogP contribution in [0.3, 0.4) is 0 Å². The summed E-state index contributed by atoms with van der Waals surface area (Å²) in [4.78, 5) is 32.4. The van der Waals surface area contributed by atoms with Gasteiger partial charge in [0.2, 0.25) is 130 Å². The van der Waals surface area contributed by atoms with Gasteiger partial charge >= 0.3 is 0 Å². The molecule has 0 aliphatic rings. The Morgan fingerprint density at radius 2 is 0.481 bits per heavy atom. The highest BCUT2D eigenvalue weighted by atomic mass is 27.1. The Morgan fingerprint density at radius 3 is 0.630 bits per heavy atom. The van der Waals surface area contributed by atoms with E-state index in [1.165, 1.54) is 0 Å². The number of H-pyrrole nitrogens is 4. The molecular weight excluding hydrogens is 784 g/mol. The zero-order valence-electron chi connectivity index (χ0n) is 28.6. The van der Waals surface area contributed by atoms with Crippen molar-refractivity contribution in [3.63, 3.8) is 0 Å². The lowest BCUT2D eigenvalue weighted by Gasteiger charge is -2.19.